The van der Waals surface area contributed by atoms with Gasteiger partial charge in [0.15, 0.2) is 0 Å². The van der Waals surface area contributed by atoms with Gasteiger partial charge in [0.05, 0.1) is 23.4 Å². The summed E-state index contributed by atoms with van der Waals surface area (Å²) in [6, 6.07) is 8.78. The minimum atomic E-state index is -3.95. The lowest BCUT2D eigenvalue weighted by molar-refractivity contribution is 0.416. The molecule has 2 aromatic rings. The highest BCUT2D eigenvalue weighted by atomic mass is 35.5. The van der Waals surface area contributed by atoms with Gasteiger partial charge in [-0.3, -0.25) is 4.72 Å². The van der Waals surface area contributed by atoms with Gasteiger partial charge in [-0.25, -0.2) is 16.8 Å². The molecule has 11 heteroatoms. The molecule has 0 aromatic heterocycles. The van der Waals surface area contributed by atoms with Crippen LogP contribution < -0.4 is 9.46 Å². The Bertz CT molecular complexity index is 1090. The third kappa shape index (κ3) is 4.97. The fraction of sp³-hybridized carbons (Fsp3) is 0.333. The maximum absolute atomic E-state index is 12.8. The highest BCUT2D eigenvalue weighted by molar-refractivity contribution is 7.92. The van der Waals surface area contributed by atoms with E-state index < -0.39 is 25.8 Å². The van der Waals surface area contributed by atoms with E-state index in [9.17, 15) is 16.8 Å². The van der Waals surface area contributed by atoms with E-state index in [-0.39, 0.29) is 31.9 Å². The van der Waals surface area contributed by atoms with Gasteiger partial charge in [-0.1, -0.05) is 29.3 Å². The molecule has 29 heavy (non-hydrogen) atoms. The first-order valence-corrected chi connectivity index (χ1v) is 12.6. The Hall–Kier alpha value is -1.52. The van der Waals surface area contributed by atoms with Crippen LogP contribution in [0.25, 0.3) is 0 Å². The molecule has 3 rings (SSSR count). The van der Waals surface area contributed by atoms with Crippen molar-refractivity contribution in [3.05, 3.63) is 52.0 Å². The maximum atomic E-state index is 12.8. The number of ether oxygens (including phenoxy) is 1. The van der Waals surface area contributed by atoms with E-state index in [1.807, 2.05) is 0 Å². The molecule has 0 bridgehead atoms. The zero-order valence-electron chi connectivity index (χ0n) is 15.6. The highest BCUT2D eigenvalue weighted by Gasteiger charge is 2.28. The molecule has 158 valence electrons. The van der Waals surface area contributed by atoms with Gasteiger partial charge in [-0.2, -0.15) is 4.31 Å². The number of methoxy groups -OCH3 is 1. The predicted octanol–water partition coefficient (Wildman–Crippen LogP) is 3.73. The van der Waals surface area contributed by atoms with Crippen molar-refractivity contribution in [2.45, 2.75) is 23.5 Å². The zero-order chi connectivity index (χ0) is 21.2. The first kappa shape index (κ1) is 22.2. The van der Waals surface area contributed by atoms with Crippen molar-refractivity contribution in [2.75, 3.05) is 24.9 Å². The number of benzene rings is 2. The lowest BCUT2D eigenvalue weighted by Gasteiger charge is -2.18. The van der Waals surface area contributed by atoms with E-state index in [4.69, 9.17) is 27.9 Å². The number of nitrogens with one attached hydrogen (secondary N) is 1. The summed E-state index contributed by atoms with van der Waals surface area (Å²) in [6.45, 7) is 0.890. The smallest absolute Gasteiger partial charge is 0.243 e. The molecule has 0 spiro atoms. The van der Waals surface area contributed by atoms with Crippen molar-refractivity contribution in [3.8, 4) is 5.75 Å². The van der Waals surface area contributed by atoms with Gasteiger partial charge in [0.25, 0.3) is 0 Å². The Morgan fingerprint density at radius 3 is 2.24 bits per heavy atom. The summed E-state index contributed by atoms with van der Waals surface area (Å²) >= 11 is 12.1. The van der Waals surface area contributed by atoms with Gasteiger partial charge in [-0.05, 0) is 43.2 Å². The standard InChI is InChI=1S/C18H20Cl2N2O5S2/c1-27-18-8-7-13(29(25,26)22-9-2-3-10-22)11-17(18)21-28(23,24)12-14-15(19)5-4-6-16(14)20/h4-8,11,21H,2-3,9-10,12H2,1H3. The summed E-state index contributed by atoms with van der Waals surface area (Å²) in [5, 5.41) is 0.445. The van der Waals surface area contributed by atoms with Gasteiger partial charge in [0.2, 0.25) is 20.0 Å². The largest absolute Gasteiger partial charge is 0.495 e. The Morgan fingerprint density at radius 1 is 1.03 bits per heavy atom. The first-order chi connectivity index (χ1) is 13.6. The average Bonchev–Trinajstić information content (AvgIpc) is 3.20. The molecule has 7 nitrogen and oxygen atoms in total. The van der Waals surface area contributed by atoms with Crippen LogP contribution in [0.3, 0.4) is 0 Å². The van der Waals surface area contributed by atoms with Crippen LogP contribution in [0.1, 0.15) is 18.4 Å². The Kier molecular flexibility index (Phi) is 6.64. The monoisotopic (exact) mass is 478 g/mol. The van der Waals surface area contributed by atoms with Gasteiger partial charge >= 0.3 is 0 Å². The van der Waals surface area contributed by atoms with E-state index in [0.717, 1.165) is 12.8 Å². The quantitative estimate of drug-likeness (QED) is 0.654. The van der Waals surface area contributed by atoms with Crippen molar-refractivity contribution >= 4 is 48.9 Å². The molecule has 1 heterocycles. The third-order valence-electron chi connectivity index (χ3n) is 4.54. The summed E-state index contributed by atoms with van der Waals surface area (Å²) in [5.41, 5.74) is 0.277. The van der Waals surface area contributed by atoms with E-state index in [1.54, 1.807) is 18.2 Å². The Balaban J connectivity index is 1.93. The summed E-state index contributed by atoms with van der Waals surface area (Å²) in [7, 11) is -6.30. The number of nitrogens with zero attached hydrogens (tertiary/aromatic N) is 1. The second-order valence-electron chi connectivity index (χ2n) is 6.53. The zero-order valence-corrected chi connectivity index (χ0v) is 18.7. The van der Waals surface area contributed by atoms with Gasteiger partial charge in [-0.15, -0.1) is 0 Å². The first-order valence-electron chi connectivity index (χ1n) is 8.75. The normalized spacial score (nSPS) is 15.4. The molecule has 1 saturated heterocycles. The van der Waals surface area contributed by atoms with Crippen LogP contribution in [0.2, 0.25) is 10.0 Å². The maximum Gasteiger partial charge on any atom is 0.243 e. The molecule has 0 amide bonds. The number of sulfonamides is 2. The summed E-state index contributed by atoms with van der Waals surface area (Å²) < 4.78 is 60.0. The molecule has 0 atom stereocenters. The van der Waals surface area contributed by atoms with Crippen LogP contribution in [0, 0.1) is 0 Å². The van der Waals surface area contributed by atoms with Crippen LogP contribution in [-0.4, -0.2) is 41.3 Å². The highest BCUT2D eigenvalue weighted by Crippen LogP contribution is 2.32. The van der Waals surface area contributed by atoms with Crippen molar-refractivity contribution in [3.63, 3.8) is 0 Å². The molecule has 1 N–H and O–H groups in total. The number of halogens is 2. The summed E-state index contributed by atoms with van der Waals surface area (Å²) in [5.74, 6) is -0.281. The van der Waals surface area contributed by atoms with Crippen LogP contribution in [0.5, 0.6) is 5.75 Å². The van der Waals surface area contributed by atoms with Crippen LogP contribution in [0.15, 0.2) is 41.3 Å². The predicted molar refractivity (Wildman–Crippen MR) is 114 cm³/mol. The minimum absolute atomic E-state index is 0.00586. The van der Waals surface area contributed by atoms with Gasteiger partial charge in [0.1, 0.15) is 5.75 Å². The Morgan fingerprint density at radius 2 is 1.66 bits per heavy atom. The van der Waals surface area contributed by atoms with Crippen molar-refractivity contribution in [2.24, 2.45) is 0 Å². The number of hydrogen-bond acceptors (Lipinski definition) is 5. The lowest BCUT2D eigenvalue weighted by Crippen LogP contribution is -2.28. The van der Waals surface area contributed by atoms with E-state index in [0.29, 0.717) is 13.1 Å². The lowest BCUT2D eigenvalue weighted by atomic mass is 10.2. The van der Waals surface area contributed by atoms with E-state index in [1.165, 1.54) is 29.6 Å². The van der Waals surface area contributed by atoms with Crippen LogP contribution >= 0.6 is 23.2 Å². The molecule has 0 radical (unpaired) electrons. The summed E-state index contributed by atoms with van der Waals surface area (Å²) in [6.07, 6.45) is 1.60. The van der Waals surface area contributed by atoms with E-state index in [2.05, 4.69) is 4.72 Å². The molecule has 2 aromatic carbocycles. The fourth-order valence-corrected chi connectivity index (χ4v) is 6.56. The van der Waals surface area contributed by atoms with Crippen molar-refractivity contribution < 1.29 is 21.6 Å². The fourth-order valence-electron chi connectivity index (χ4n) is 3.07. The Labute approximate surface area is 180 Å². The molecular formula is C18H20Cl2N2O5S2. The second kappa shape index (κ2) is 8.69. The second-order valence-corrected chi connectivity index (χ2v) is 11.0. The number of hydrogen-bond donors (Lipinski definition) is 1. The topological polar surface area (TPSA) is 92.8 Å². The SMILES string of the molecule is COc1ccc(S(=O)(=O)N2CCCC2)cc1NS(=O)(=O)Cc1c(Cl)cccc1Cl. The molecule has 0 aliphatic carbocycles. The molecule has 1 aliphatic rings. The number of anilines is 1. The van der Waals surface area contributed by atoms with E-state index >= 15 is 0 Å². The molecule has 1 aliphatic heterocycles. The van der Waals surface area contributed by atoms with Gasteiger partial charge in [0, 0.05) is 28.7 Å². The van der Waals surface area contributed by atoms with Crippen LogP contribution in [-0.2, 0) is 25.8 Å². The summed E-state index contributed by atoms with van der Waals surface area (Å²) in [4.78, 5) is -0.00586. The van der Waals surface area contributed by atoms with Crippen molar-refractivity contribution in [1.29, 1.82) is 0 Å². The number of rotatable bonds is 7. The van der Waals surface area contributed by atoms with Crippen LogP contribution in [0.4, 0.5) is 5.69 Å². The molecule has 0 saturated carbocycles. The third-order valence-corrected chi connectivity index (χ3v) is 8.34. The van der Waals surface area contributed by atoms with Crippen molar-refractivity contribution in [1.82, 2.24) is 4.31 Å². The molecule has 1 fully saturated rings. The molecular weight excluding hydrogens is 459 g/mol. The van der Waals surface area contributed by atoms with Gasteiger partial charge < -0.3 is 4.74 Å². The average molecular weight is 479 g/mol. The minimum Gasteiger partial charge on any atom is -0.495 e. The molecule has 0 unspecified atom stereocenters.